The van der Waals surface area contributed by atoms with Crippen LogP contribution in [0.2, 0.25) is 0 Å². The Kier molecular flexibility index (Phi) is 7.17. The maximum absolute atomic E-state index is 12.8. The van der Waals surface area contributed by atoms with Gasteiger partial charge in [0.25, 0.3) is 10.0 Å². The molecular weight excluding hydrogens is 430 g/mol. The normalized spacial score (nSPS) is 11.1. The molecular formula is C23H21N3O3S2. The lowest BCUT2D eigenvalue weighted by Crippen LogP contribution is -2.32. The van der Waals surface area contributed by atoms with Crippen LogP contribution in [0.5, 0.6) is 0 Å². The Morgan fingerprint density at radius 1 is 0.903 bits per heavy atom. The predicted molar refractivity (Wildman–Crippen MR) is 128 cm³/mol. The summed E-state index contributed by atoms with van der Waals surface area (Å²) in [5, 5.41) is 5.53. The van der Waals surface area contributed by atoms with E-state index in [2.05, 4.69) is 10.6 Å². The Bertz CT molecular complexity index is 1180. The molecule has 3 aromatic carbocycles. The second kappa shape index (κ2) is 10.0. The van der Waals surface area contributed by atoms with E-state index in [1.807, 2.05) is 36.4 Å². The van der Waals surface area contributed by atoms with Crippen LogP contribution in [0.15, 0.2) is 95.9 Å². The maximum atomic E-state index is 12.8. The molecule has 0 saturated carbocycles. The molecule has 1 amide bonds. The molecule has 0 aliphatic heterocycles. The molecule has 0 radical (unpaired) electrons. The van der Waals surface area contributed by atoms with Gasteiger partial charge in [-0.1, -0.05) is 48.5 Å². The van der Waals surface area contributed by atoms with Gasteiger partial charge < -0.3 is 5.32 Å². The first-order chi connectivity index (χ1) is 14.9. The SMILES string of the molecule is CN(c1ccccc1)S(=O)(=O)c1ccc(NC(=S)NC(=O)/C=C\c2ccccc2)cc1. The van der Waals surface area contributed by atoms with E-state index >= 15 is 0 Å². The van der Waals surface area contributed by atoms with Crippen LogP contribution in [0.3, 0.4) is 0 Å². The van der Waals surface area contributed by atoms with Crippen molar-refractivity contribution in [3.63, 3.8) is 0 Å². The van der Waals surface area contributed by atoms with Crippen LogP contribution in [0.25, 0.3) is 6.08 Å². The largest absolute Gasteiger partial charge is 0.332 e. The van der Waals surface area contributed by atoms with Gasteiger partial charge in [0.2, 0.25) is 5.91 Å². The number of anilines is 2. The van der Waals surface area contributed by atoms with Crippen LogP contribution in [-0.4, -0.2) is 26.5 Å². The molecule has 0 saturated heterocycles. The molecule has 0 bridgehead atoms. The minimum atomic E-state index is -3.70. The molecule has 0 heterocycles. The van der Waals surface area contributed by atoms with E-state index in [0.717, 1.165) is 5.56 Å². The van der Waals surface area contributed by atoms with Crippen LogP contribution in [-0.2, 0) is 14.8 Å². The topological polar surface area (TPSA) is 78.5 Å². The van der Waals surface area contributed by atoms with Crippen molar-refractivity contribution >= 4 is 50.7 Å². The monoisotopic (exact) mass is 451 g/mol. The quantitative estimate of drug-likeness (QED) is 0.437. The molecule has 0 spiro atoms. The number of nitrogens with zero attached hydrogens (tertiary/aromatic N) is 1. The Balaban J connectivity index is 1.60. The number of amides is 1. The van der Waals surface area contributed by atoms with E-state index in [0.29, 0.717) is 11.4 Å². The molecule has 3 rings (SSSR count). The molecule has 0 aromatic heterocycles. The Hall–Kier alpha value is -3.49. The summed E-state index contributed by atoms with van der Waals surface area (Å²) in [4.78, 5) is 12.1. The number of sulfonamides is 1. The molecule has 0 aliphatic rings. The number of para-hydroxylation sites is 1. The second-order valence-electron chi connectivity index (χ2n) is 6.52. The Labute approximate surface area is 187 Å². The van der Waals surface area contributed by atoms with Crippen LogP contribution >= 0.6 is 12.2 Å². The lowest BCUT2D eigenvalue weighted by atomic mass is 10.2. The molecule has 6 nitrogen and oxygen atoms in total. The average Bonchev–Trinajstić information content (AvgIpc) is 2.78. The maximum Gasteiger partial charge on any atom is 0.264 e. The molecule has 3 aromatic rings. The highest BCUT2D eigenvalue weighted by Crippen LogP contribution is 2.22. The van der Waals surface area contributed by atoms with Gasteiger partial charge in [0.15, 0.2) is 5.11 Å². The van der Waals surface area contributed by atoms with Crippen molar-refractivity contribution in [1.82, 2.24) is 5.32 Å². The highest BCUT2D eigenvalue weighted by atomic mass is 32.2. The molecule has 0 aliphatic carbocycles. The molecule has 158 valence electrons. The number of hydrogen-bond acceptors (Lipinski definition) is 4. The highest BCUT2D eigenvalue weighted by molar-refractivity contribution is 7.92. The smallest absolute Gasteiger partial charge is 0.264 e. The van der Waals surface area contributed by atoms with E-state index in [1.54, 1.807) is 42.5 Å². The first kappa shape index (κ1) is 22.2. The van der Waals surface area contributed by atoms with Gasteiger partial charge in [-0.3, -0.25) is 14.4 Å². The van der Waals surface area contributed by atoms with Gasteiger partial charge >= 0.3 is 0 Å². The number of carbonyl (C=O) groups excluding carboxylic acids is 1. The van der Waals surface area contributed by atoms with Crippen molar-refractivity contribution in [2.45, 2.75) is 4.90 Å². The van der Waals surface area contributed by atoms with E-state index in [4.69, 9.17) is 12.2 Å². The fourth-order valence-electron chi connectivity index (χ4n) is 2.70. The molecule has 2 N–H and O–H groups in total. The fraction of sp³-hybridized carbons (Fsp3) is 0.0435. The summed E-state index contributed by atoms with van der Waals surface area (Å²) in [6.07, 6.45) is 3.07. The van der Waals surface area contributed by atoms with Crippen LogP contribution < -0.4 is 14.9 Å². The van der Waals surface area contributed by atoms with Gasteiger partial charge in [-0.05, 0) is 60.3 Å². The number of rotatable bonds is 6. The molecule has 8 heteroatoms. The fourth-order valence-corrected chi connectivity index (χ4v) is 4.11. The third kappa shape index (κ3) is 6.00. The Morgan fingerprint density at radius 3 is 2.10 bits per heavy atom. The lowest BCUT2D eigenvalue weighted by Gasteiger charge is -2.19. The van der Waals surface area contributed by atoms with Crippen molar-refractivity contribution in [2.24, 2.45) is 0 Å². The third-order valence-electron chi connectivity index (χ3n) is 4.35. The summed E-state index contributed by atoms with van der Waals surface area (Å²) < 4.78 is 26.9. The minimum Gasteiger partial charge on any atom is -0.332 e. The second-order valence-corrected chi connectivity index (χ2v) is 8.90. The number of hydrogen-bond donors (Lipinski definition) is 2. The standard InChI is InChI=1S/C23H21N3O3S2/c1-26(20-10-6-3-7-11-20)31(28,29)21-15-13-19(14-16-21)24-23(30)25-22(27)17-12-18-8-4-2-5-9-18/h2-17H,1H3,(H2,24,25,27,30)/b17-12-. The summed E-state index contributed by atoms with van der Waals surface area (Å²) in [6, 6.07) is 24.4. The molecule has 0 fully saturated rings. The van der Waals surface area contributed by atoms with E-state index in [1.165, 1.54) is 29.6 Å². The van der Waals surface area contributed by atoms with Gasteiger partial charge in [0.05, 0.1) is 10.6 Å². The first-order valence-corrected chi connectivity index (χ1v) is 11.2. The average molecular weight is 452 g/mol. The van der Waals surface area contributed by atoms with Crippen molar-refractivity contribution in [2.75, 3.05) is 16.7 Å². The number of carbonyl (C=O) groups is 1. The molecule has 0 unspecified atom stereocenters. The van der Waals surface area contributed by atoms with Crippen LogP contribution in [0.1, 0.15) is 5.56 Å². The zero-order valence-corrected chi connectivity index (χ0v) is 18.4. The summed E-state index contributed by atoms with van der Waals surface area (Å²) in [5.41, 5.74) is 2.02. The summed E-state index contributed by atoms with van der Waals surface area (Å²) in [6.45, 7) is 0. The zero-order valence-electron chi connectivity index (χ0n) is 16.7. The summed E-state index contributed by atoms with van der Waals surface area (Å²) in [7, 11) is -2.19. The number of thiocarbonyl (C=S) groups is 1. The van der Waals surface area contributed by atoms with Crippen molar-refractivity contribution in [1.29, 1.82) is 0 Å². The van der Waals surface area contributed by atoms with Gasteiger partial charge in [-0.2, -0.15) is 0 Å². The van der Waals surface area contributed by atoms with Crippen molar-refractivity contribution in [3.8, 4) is 0 Å². The van der Waals surface area contributed by atoms with E-state index < -0.39 is 10.0 Å². The first-order valence-electron chi connectivity index (χ1n) is 9.35. The van der Waals surface area contributed by atoms with E-state index in [9.17, 15) is 13.2 Å². The summed E-state index contributed by atoms with van der Waals surface area (Å²) >= 11 is 5.15. The number of benzene rings is 3. The zero-order chi connectivity index (χ0) is 22.3. The van der Waals surface area contributed by atoms with Gasteiger partial charge in [0.1, 0.15) is 0 Å². The van der Waals surface area contributed by atoms with Crippen LogP contribution in [0, 0.1) is 0 Å². The molecule has 0 atom stereocenters. The summed E-state index contributed by atoms with van der Waals surface area (Å²) in [5.74, 6) is -0.370. The third-order valence-corrected chi connectivity index (χ3v) is 6.36. The van der Waals surface area contributed by atoms with Gasteiger partial charge in [-0.15, -0.1) is 0 Å². The minimum absolute atomic E-state index is 0.111. The van der Waals surface area contributed by atoms with Crippen molar-refractivity contribution < 1.29 is 13.2 Å². The van der Waals surface area contributed by atoms with E-state index in [-0.39, 0.29) is 15.9 Å². The number of nitrogens with one attached hydrogen (secondary N) is 2. The lowest BCUT2D eigenvalue weighted by molar-refractivity contribution is -0.115. The van der Waals surface area contributed by atoms with Gasteiger partial charge in [-0.25, -0.2) is 8.42 Å². The van der Waals surface area contributed by atoms with Gasteiger partial charge in [0, 0.05) is 18.8 Å². The predicted octanol–water partition coefficient (Wildman–Crippen LogP) is 4.04. The highest BCUT2D eigenvalue weighted by Gasteiger charge is 2.21. The Morgan fingerprint density at radius 2 is 1.48 bits per heavy atom. The van der Waals surface area contributed by atoms with Crippen molar-refractivity contribution in [3.05, 3.63) is 96.6 Å². The molecule has 31 heavy (non-hydrogen) atoms. The van der Waals surface area contributed by atoms with Crippen LogP contribution in [0.4, 0.5) is 11.4 Å².